The van der Waals surface area contributed by atoms with Gasteiger partial charge in [-0.3, -0.25) is 0 Å². The molecule has 1 amide bonds. The van der Waals surface area contributed by atoms with Gasteiger partial charge in [-0.25, -0.2) is 9.59 Å². The zero-order chi connectivity index (χ0) is 19.7. The normalized spacial score (nSPS) is 11.2. The molecule has 0 saturated heterocycles. The van der Waals surface area contributed by atoms with E-state index >= 15 is 0 Å². The predicted molar refractivity (Wildman–Crippen MR) is 105 cm³/mol. The van der Waals surface area contributed by atoms with Crippen molar-refractivity contribution in [3.05, 3.63) is 77.4 Å². The molecule has 0 aliphatic rings. The van der Waals surface area contributed by atoms with Gasteiger partial charge in [-0.05, 0) is 38.0 Å². The summed E-state index contributed by atoms with van der Waals surface area (Å²) in [5.74, 6) is -0.377. The standard InChI is InChI=1S/C22H25NO4/c1-22(2,3)27-20(24)19-14-8-7-12-18(19)13-9-15-23-21(25)26-16-17-10-5-4-6-11-17/h4-14H,15-16H2,1-3H3,(H,23,25). The Labute approximate surface area is 160 Å². The number of amides is 1. The van der Waals surface area contributed by atoms with Crippen molar-refractivity contribution in [3.63, 3.8) is 0 Å². The largest absolute Gasteiger partial charge is 0.456 e. The van der Waals surface area contributed by atoms with E-state index in [9.17, 15) is 9.59 Å². The van der Waals surface area contributed by atoms with E-state index in [1.165, 1.54) is 0 Å². The minimum atomic E-state index is -0.558. The number of carbonyl (C=O) groups is 2. The highest BCUT2D eigenvalue weighted by atomic mass is 16.6. The zero-order valence-corrected chi connectivity index (χ0v) is 15.9. The van der Waals surface area contributed by atoms with Crippen LogP contribution in [0.15, 0.2) is 60.7 Å². The zero-order valence-electron chi connectivity index (χ0n) is 15.9. The third-order valence-electron chi connectivity index (χ3n) is 3.45. The summed E-state index contributed by atoms with van der Waals surface area (Å²) < 4.78 is 10.6. The van der Waals surface area contributed by atoms with Crippen LogP contribution in [-0.2, 0) is 16.1 Å². The minimum absolute atomic E-state index is 0.220. The Hall–Kier alpha value is -3.08. The lowest BCUT2D eigenvalue weighted by Crippen LogP contribution is -2.24. The van der Waals surface area contributed by atoms with Crippen LogP contribution in [-0.4, -0.2) is 24.2 Å². The number of rotatable bonds is 6. The molecule has 0 spiro atoms. The fourth-order valence-corrected chi connectivity index (χ4v) is 2.26. The molecule has 0 radical (unpaired) electrons. The average molecular weight is 367 g/mol. The van der Waals surface area contributed by atoms with Crippen LogP contribution in [0.1, 0.15) is 42.3 Å². The summed E-state index contributed by atoms with van der Waals surface area (Å²) >= 11 is 0. The lowest BCUT2D eigenvalue weighted by Gasteiger charge is -2.20. The van der Waals surface area contributed by atoms with Gasteiger partial charge < -0.3 is 14.8 Å². The number of esters is 1. The molecule has 27 heavy (non-hydrogen) atoms. The van der Waals surface area contributed by atoms with Gasteiger partial charge >= 0.3 is 12.1 Å². The van der Waals surface area contributed by atoms with Crippen LogP contribution >= 0.6 is 0 Å². The predicted octanol–water partition coefficient (Wildman–Crippen LogP) is 4.58. The molecule has 0 bridgehead atoms. The van der Waals surface area contributed by atoms with Gasteiger partial charge in [0.15, 0.2) is 0 Å². The highest BCUT2D eigenvalue weighted by Gasteiger charge is 2.19. The van der Waals surface area contributed by atoms with Crippen molar-refractivity contribution in [3.8, 4) is 0 Å². The van der Waals surface area contributed by atoms with E-state index in [0.717, 1.165) is 11.1 Å². The first kappa shape index (κ1) is 20.2. The van der Waals surface area contributed by atoms with Crippen molar-refractivity contribution in [2.45, 2.75) is 33.0 Å². The Kier molecular flexibility index (Phi) is 7.17. The lowest BCUT2D eigenvalue weighted by atomic mass is 10.1. The van der Waals surface area contributed by atoms with E-state index in [2.05, 4.69) is 5.32 Å². The fourth-order valence-electron chi connectivity index (χ4n) is 2.26. The number of hydrogen-bond donors (Lipinski definition) is 1. The smallest absolute Gasteiger partial charge is 0.407 e. The third kappa shape index (κ3) is 7.36. The first-order valence-electron chi connectivity index (χ1n) is 8.78. The number of carbonyl (C=O) groups excluding carboxylic acids is 2. The van der Waals surface area contributed by atoms with Crippen molar-refractivity contribution in [2.75, 3.05) is 6.54 Å². The van der Waals surface area contributed by atoms with Gasteiger partial charge in [-0.1, -0.05) is 60.7 Å². The van der Waals surface area contributed by atoms with Crippen LogP contribution in [0.3, 0.4) is 0 Å². The molecule has 142 valence electrons. The Morgan fingerprint density at radius 3 is 2.37 bits per heavy atom. The molecule has 5 heteroatoms. The van der Waals surface area contributed by atoms with E-state index in [1.54, 1.807) is 24.3 Å². The number of alkyl carbamates (subject to hydrolysis) is 1. The Bertz CT molecular complexity index is 791. The molecule has 1 N–H and O–H groups in total. The van der Waals surface area contributed by atoms with Crippen LogP contribution in [0.4, 0.5) is 4.79 Å². The third-order valence-corrected chi connectivity index (χ3v) is 3.45. The van der Waals surface area contributed by atoms with Gasteiger partial charge in [0.1, 0.15) is 12.2 Å². The Balaban J connectivity index is 1.85. The molecule has 0 saturated carbocycles. The molecular weight excluding hydrogens is 342 g/mol. The molecule has 2 aromatic carbocycles. The first-order chi connectivity index (χ1) is 12.8. The van der Waals surface area contributed by atoms with Gasteiger partial charge in [0, 0.05) is 6.54 Å². The molecule has 2 rings (SSSR count). The van der Waals surface area contributed by atoms with E-state index in [4.69, 9.17) is 9.47 Å². The van der Waals surface area contributed by atoms with Gasteiger partial charge in [-0.2, -0.15) is 0 Å². The Morgan fingerprint density at radius 2 is 1.67 bits per heavy atom. The topological polar surface area (TPSA) is 64.6 Å². The summed E-state index contributed by atoms with van der Waals surface area (Å²) in [4.78, 5) is 24.0. The summed E-state index contributed by atoms with van der Waals surface area (Å²) in [5.41, 5.74) is 1.58. The number of hydrogen-bond acceptors (Lipinski definition) is 4. The molecule has 0 atom stereocenters. The summed E-state index contributed by atoms with van der Waals surface area (Å²) in [6.45, 7) is 5.99. The van der Waals surface area contributed by atoms with Crippen LogP contribution in [0, 0.1) is 0 Å². The second-order valence-corrected chi connectivity index (χ2v) is 6.93. The molecule has 5 nitrogen and oxygen atoms in total. The average Bonchev–Trinajstić information content (AvgIpc) is 2.63. The quantitative estimate of drug-likeness (QED) is 0.759. The minimum Gasteiger partial charge on any atom is -0.456 e. The van der Waals surface area contributed by atoms with Crippen molar-refractivity contribution in [2.24, 2.45) is 0 Å². The monoisotopic (exact) mass is 367 g/mol. The maximum absolute atomic E-state index is 12.3. The summed E-state index contributed by atoms with van der Waals surface area (Å²) in [7, 11) is 0. The second-order valence-electron chi connectivity index (χ2n) is 6.93. The fraction of sp³-hybridized carbons (Fsp3) is 0.273. The first-order valence-corrected chi connectivity index (χ1v) is 8.78. The van der Waals surface area contributed by atoms with E-state index in [-0.39, 0.29) is 19.1 Å². The molecule has 0 aromatic heterocycles. The highest BCUT2D eigenvalue weighted by Crippen LogP contribution is 2.16. The van der Waals surface area contributed by atoms with Gasteiger partial charge in [0.25, 0.3) is 0 Å². The van der Waals surface area contributed by atoms with Crippen LogP contribution in [0.2, 0.25) is 0 Å². The van der Waals surface area contributed by atoms with Crippen molar-refractivity contribution < 1.29 is 19.1 Å². The van der Waals surface area contributed by atoms with E-state index in [1.807, 2.05) is 63.2 Å². The van der Waals surface area contributed by atoms with Crippen molar-refractivity contribution >= 4 is 18.1 Å². The summed E-state index contributed by atoms with van der Waals surface area (Å²) in [6, 6.07) is 16.6. The van der Waals surface area contributed by atoms with Gasteiger partial charge in [-0.15, -0.1) is 0 Å². The van der Waals surface area contributed by atoms with Crippen molar-refractivity contribution in [1.29, 1.82) is 0 Å². The van der Waals surface area contributed by atoms with Crippen LogP contribution in [0.25, 0.3) is 6.08 Å². The molecular formula is C22H25NO4. The SMILES string of the molecule is CC(C)(C)OC(=O)c1ccccc1C=CCNC(=O)OCc1ccccc1. The van der Waals surface area contributed by atoms with Crippen molar-refractivity contribution in [1.82, 2.24) is 5.32 Å². The maximum Gasteiger partial charge on any atom is 0.407 e. The number of ether oxygens (including phenoxy) is 2. The molecule has 0 heterocycles. The number of nitrogens with one attached hydrogen (secondary N) is 1. The summed E-state index contributed by atoms with van der Waals surface area (Å²) in [5, 5.41) is 2.65. The molecule has 0 fully saturated rings. The van der Waals surface area contributed by atoms with E-state index < -0.39 is 11.7 Å². The van der Waals surface area contributed by atoms with Gasteiger partial charge in [0.2, 0.25) is 0 Å². The molecule has 0 aliphatic heterocycles. The van der Waals surface area contributed by atoms with E-state index in [0.29, 0.717) is 5.56 Å². The summed E-state index contributed by atoms with van der Waals surface area (Å²) in [6.07, 6.45) is 3.04. The second kappa shape index (κ2) is 9.57. The molecule has 2 aromatic rings. The lowest BCUT2D eigenvalue weighted by molar-refractivity contribution is 0.00692. The Morgan fingerprint density at radius 1 is 1.00 bits per heavy atom. The highest BCUT2D eigenvalue weighted by molar-refractivity contribution is 5.93. The maximum atomic E-state index is 12.3. The van der Waals surface area contributed by atoms with Crippen LogP contribution in [0.5, 0.6) is 0 Å². The number of benzene rings is 2. The molecule has 0 aliphatic carbocycles. The van der Waals surface area contributed by atoms with Gasteiger partial charge in [0.05, 0.1) is 5.56 Å². The van der Waals surface area contributed by atoms with Crippen LogP contribution < -0.4 is 5.32 Å². The molecule has 0 unspecified atom stereocenters.